The Morgan fingerprint density at radius 2 is 2.04 bits per heavy atom. The van der Waals surface area contributed by atoms with E-state index in [-0.39, 0.29) is 38.0 Å². The summed E-state index contributed by atoms with van der Waals surface area (Å²) in [5.41, 5.74) is 2.11. The van der Waals surface area contributed by atoms with Crippen LogP contribution in [0.25, 0.3) is 0 Å². The summed E-state index contributed by atoms with van der Waals surface area (Å²) in [5, 5.41) is 14.4. The topological polar surface area (TPSA) is 78.7 Å². The molecule has 2 heterocycles. The van der Waals surface area contributed by atoms with Crippen molar-refractivity contribution < 1.29 is 14.7 Å². The fourth-order valence-corrected chi connectivity index (χ4v) is 3.10. The van der Waals surface area contributed by atoms with Crippen molar-refractivity contribution in [2.45, 2.75) is 26.0 Å². The van der Waals surface area contributed by atoms with E-state index in [1.165, 1.54) is 4.90 Å². The number of benzene rings is 1. The number of hydrogen-bond donors (Lipinski definition) is 1. The second kappa shape index (κ2) is 8.14. The quantitative estimate of drug-likeness (QED) is 0.845. The number of carbonyl (C=O) groups excluding carboxylic acids is 2. The molecule has 3 rings (SSSR count). The molecular formula is C19H24N4O3. The van der Waals surface area contributed by atoms with Gasteiger partial charge in [0, 0.05) is 25.8 Å². The Hall–Kier alpha value is -2.67. The first kappa shape index (κ1) is 18.1. The minimum Gasteiger partial charge on any atom is -0.389 e. The molecule has 0 aliphatic carbocycles. The SMILES string of the molecule is Cc1cnn(CC(=O)N2CC(=O)N(CCc3ccccc3)CC(O)C2)c1. The summed E-state index contributed by atoms with van der Waals surface area (Å²) in [4.78, 5) is 28.1. The lowest BCUT2D eigenvalue weighted by molar-refractivity contribution is -0.139. The molecule has 0 radical (unpaired) electrons. The molecule has 7 heteroatoms. The molecule has 2 aromatic rings. The van der Waals surface area contributed by atoms with Gasteiger partial charge in [-0.25, -0.2) is 0 Å². The molecule has 1 aromatic heterocycles. The van der Waals surface area contributed by atoms with Gasteiger partial charge in [-0.3, -0.25) is 14.3 Å². The van der Waals surface area contributed by atoms with E-state index >= 15 is 0 Å². The van der Waals surface area contributed by atoms with Crippen molar-refractivity contribution in [3.05, 3.63) is 53.9 Å². The van der Waals surface area contributed by atoms with Gasteiger partial charge >= 0.3 is 0 Å². The molecule has 1 N–H and O–H groups in total. The van der Waals surface area contributed by atoms with Gasteiger partial charge in [0.05, 0.1) is 18.8 Å². The average molecular weight is 356 g/mol. The molecule has 1 fully saturated rings. The predicted octanol–water partition coefficient (Wildman–Crippen LogP) is 0.466. The predicted molar refractivity (Wildman–Crippen MR) is 96.3 cm³/mol. The van der Waals surface area contributed by atoms with Crippen molar-refractivity contribution in [3.8, 4) is 0 Å². The fraction of sp³-hybridized carbons (Fsp3) is 0.421. The summed E-state index contributed by atoms with van der Waals surface area (Å²) in [5.74, 6) is -0.354. The molecule has 0 saturated carbocycles. The molecule has 1 aromatic carbocycles. The van der Waals surface area contributed by atoms with Crippen LogP contribution in [0.5, 0.6) is 0 Å². The molecule has 0 spiro atoms. The largest absolute Gasteiger partial charge is 0.389 e. The normalized spacial score (nSPS) is 18.1. The van der Waals surface area contributed by atoms with Gasteiger partial charge in [-0.1, -0.05) is 30.3 Å². The Morgan fingerprint density at radius 3 is 2.73 bits per heavy atom. The molecule has 2 amide bonds. The van der Waals surface area contributed by atoms with E-state index < -0.39 is 6.10 Å². The van der Waals surface area contributed by atoms with Crippen molar-refractivity contribution in [1.29, 1.82) is 0 Å². The van der Waals surface area contributed by atoms with Crippen molar-refractivity contribution in [1.82, 2.24) is 19.6 Å². The highest BCUT2D eigenvalue weighted by molar-refractivity contribution is 5.85. The van der Waals surface area contributed by atoms with Crippen LogP contribution in [0.2, 0.25) is 0 Å². The first-order valence-corrected chi connectivity index (χ1v) is 8.78. The Bertz CT molecular complexity index is 759. The number of nitrogens with zero attached hydrogens (tertiary/aromatic N) is 4. The molecular weight excluding hydrogens is 332 g/mol. The molecule has 26 heavy (non-hydrogen) atoms. The molecule has 1 saturated heterocycles. The van der Waals surface area contributed by atoms with Gasteiger partial charge in [0.1, 0.15) is 6.54 Å². The molecule has 1 aliphatic rings. The van der Waals surface area contributed by atoms with Crippen molar-refractivity contribution >= 4 is 11.8 Å². The lowest BCUT2D eigenvalue weighted by Gasteiger charge is -2.21. The van der Waals surface area contributed by atoms with Gasteiger partial charge in [-0.05, 0) is 24.5 Å². The van der Waals surface area contributed by atoms with Crippen LogP contribution in [0.15, 0.2) is 42.7 Å². The third-order valence-electron chi connectivity index (χ3n) is 4.47. The maximum atomic E-state index is 12.6. The maximum Gasteiger partial charge on any atom is 0.244 e. The molecule has 1 aliphatic heterocycles. The number of aliphatic hydroxyl groups is 1. The summed E-state index contributed by atoms with van der Waals surface area (Å²) in [7, 11) is 0. The fourth-order valence-electron chi connectivity index (χ4n) is 3.10. The number of aromatic nitrogens is 2. The second-order valence-corrected chi connectivity index (χ2v) is 6.72. The Balaban J connectivity index is 1.60. The second-order valence-electron chi connectivity index (χ2n) is 6.72. The van der Waals surface area contributed by atoms with Crippen LogP contribution in [0.1, 0.15) is 11.1 Å². The lowest BCUT2D eigenvalue weighted by Crippen LogP contribution is -2.41. The zero-order valence-electron chi connectivity index (χ0n) is 14.9. The van der Waals surface area contributed by atoms with E-state index in [0.29, 0.717) is 6.54 Å². The van der Waals surface area contributed by atoms with Crippen LogP contribution >= 0.6 is 0 Å². The van der Waals surface area contributed by atoms with E-state index in [1.54, 1.807) is 22.0 Å². The first-order valence-electron chi connectivity index (χ1n) is 8.78. The third-order valence-corrected chi connectivity index (χ3v) is 4.47. The van der Waals surface area contributed by atoms with Crippen molar-refractivity contribution in [2.75, 3.05) is 26.2 Å². The average Bonchev–Trinajstić information content (AvgIpc) is 2.96. The number of β-amino-alcohol motifs (C(OH)–C–C–N with tert-alkyl or cyclic N) is 1. The van der Waals surface area contributed by atoms with Gasteiger partial charge in [0.15, 0.2) is 0 Å². The Morgan fingerprint density at radius 1 is 1.27 bits per heavy atom. The van der Waals surface area contributed by atoms with Gasteiger partial charge in [0.25, 0.3) is 0 Å². The van der Waals surface area contributed by atoms with E-state index in [0.717, 1.165) is 17.5 Å². The van der Waals surface area contributed by atoms with Crippen LogP contribution < -0.4 is 0 Å². The minimum absolute atomic E-state index is 0.00899. The maximum absolute atomic E-state index is 12.6. The number of hydrogen-bond acceptors (Lipinski definition) is 4. The van der Waals surface area contributed by atoms with E-state index in [9.17, 15) is 14.7 Å². The Kier molecular flexibility index (Phi) is 5.68. The summed E-state index contributed by atoms with van der Waals surface area (Å²) in [6, 6.07) is 9.91. The summed E-state index contributed by atoms with van der Waals surface area (Å²) in [6.07, 6.45) is 3.43. The zero-order valence-corrected chi connectivity index (χ0v) is 14.9. The standard InChI is InChI=1S/C19H24N4O3/c1-15-9-20-23(10-15)14-19(26)22-12-17(24)11-21(18(25)13-22)8-7-16-5-3-2-4-6-16/h2-6,9-10,17,24H,7-8,11-14H2,1H3. The highest BCUT2D eigenvalue weighted by Crippen LogP contribution is 2.09. The van der Waals surface area contributed by atoms with Gasteiger partial charge in [0.2, 0.25) is 11.8 Å². The van der Waals surface area contributed by atoms with Gasteiger partial charge in [-0.2, -0.15) is 5.10 Å². The summed E-state index contributed by atoms with van der Waals surface area (Å²) in [6.45, 7) is 2.89. The van der Waals surface area contributed by atoms with E-state index in [1.807, 2.05) is 37.3 Å². The minimum atomic E-state index is -0.750. The summed E-state index contributed by atoms with van der Waals surface area (Å²) < 4.78 is 1.55. The zero-order chi connectivity index (χ0) is 18.5. The molecule has 7 nitrogen and oxygen atoms in total. The van der Waals surface area contributed by atoms with Crippen LogP contribution in [-0.4, -0.2) is 68.8 Å². The lowest BCUT2D eigenvalue weighted by atomic mass is 10.1. The van der Waals surface area contributed by atoms with E-state index in [2.05, 4.69) is 5.10 Å². The van der Waals surface area contributed by atoms with Crippen molar-refractivity contribution in [2.24, 2.45) is 0 Å². The Labute approximate surface area is 152 Å². The monoisotopic (exact) mass is 356 g/mol. The van der Waals surface area contributed by atoms with Crippen molar-refractivity contribution in [3.63, 3.8) is 0 Å². The van der Waals surface area contributed by atoms with Crippen LogP contribution in [0.3, 0.4) is 0 Å². The number of aryl methyl sites for hydroxylation is 1. The van der Waals surface area contributed by atoms with E-state index in [4.69, 9.17) is 0 Å². The molecule has 138 valence electrons. The third kappa shape index (κ3) is 4.70. The van der Waals surface area contributed by atoms with Gasteiger partial charge < -0.3 is 14.9 Å². The first-order chi connectivity index (χ1) is 12.5. The summed E-state index contributed by atoms with van der Waals surface area (Å²) >= 11 is 0. The van der Waals surface area contributed by atoms with Crippen LogP contribution in [0.4, 0.5) is 0 Å². The molecule has 1 unspecified atom stereocenters. The highest BCUT2D eigenvalue weighted by Gasteiger charge is 2.29. The van der Waals surface area contributed by atoms with Crippen LogP contribution in [0, 0.1) is 6.92 Å². The highest BCUT2D eigenvalue weighted by atomic mass is 16.3. The van der Waals surface area contributed by atoms with Crippen LogP contribution in [-0.2, 0) is 22.6 Å². The number of aliphatic hydroxyl groups excluding tert-OH is 1. The number of carbonyl (C=O) groups is 2. The molecule has 1 atom stereocenters. The number of amides is 2. The number of rotatable bonds is 5. The smallest absolute Gasteiger partial charge is 0.244 e. The van der Waals surface area contributed by atoms with Gasteiger partial charge in [-0.15, -0.1) is 0 Å². The molecule has 0 bridgehead atoms.